The molecule has 0 amide bonds. The summed E-state index contributed by atoms with van der Waals surface area (Å²) in [6.07, 6.45) is 7.94. The normalized spacial score (nSPS) is 13.8. The van der Waals surface area contributed by atoms with Crippen molar-refractivity contribution in [2.24, 2.45) is 18.9 Å². The quantitative estimate of drug-likeness (QED) is 0.234. The Balaban J connectivity index is 1.73. The fourth-order valence-corrected chi connectivity index (χ4v) is 7.04. The smallest absolute Gasteiger partial charge is 0.240 e. The van der Waals surface area contributed by atoms with Crippen molar-refractivity contribution in [2.75, 3.05) is 32.4 Å². The number of hydrogen-bond acceptors (Lipinski definition) is 7. The van der Waals surface area contributed by atoms with E-state index in [1.54, 1.807) is 43.1 Å². The lowest BCUT2D eigenvalue weighted by molar-refractivity contribution is 0.199. The first-order valence-electron chi connectivity index (χ1n) is 13.9. The molecule has 0 radical (unpaired) electrons. The number of aromatic nitrogens is 2. The predicted octanol–water partition coefficient (Wildman–Crippen LogP) is 4.06. The molecule has 12 heteroatoms. The first kappa shape index (κ1) is 32.3. The molecule has 0 unspecified atom stereocenters. The lowest BCUT2D eigenvalue weighted by Gasteiger charge is -2.31. The molecule has 1 N–H and O–H groups in total. The van der Waals surface area contributed by atoms with Gasteiger partial charge in [0, 0.05) is 50.9 Å². The van der Waals surface area contributed by atoms with Gasteiger partial charge < -0.3 is 13.9 Å². The van der Waals surface area contributed by atoms with E-state index in [2.05, 4.69) is 42.3 Å². The first-order chi connectivity index (χ1) is 18.7. The zero-order valence-corrected chi connectivity index (χ0v) is 26.2. The summed E-state index contributed by atoms with van der Waals surface area (Å²) in [5.74, 6) is 0.879. The topological polar surface area (TPSA) is 118 Å². The van der Waals surface area contributed by atoms with E-state index in [0.717, 1.165) is 24.2 Å². The summed E-state index contributed by atoms with van der Waals surface area (Å²) >= 11 is 0. The standard InChI is InChI=1S/C28H45N5O5S2/c1-22(2)17-32(18-23(3)4)19-25(30-40(36,37)27-10-11-28-24(15-27)12-14-38-28)9-7-8-13-33(39(6,34)35)20-26-16-29-21-31(26)5/h10-12,14-16,21-23,25,30H,7-9,13,17-20H2,1-6H3/t25-/m0/s1. The van der Waals surface area contributed by atoms with E-state index >= 15 is 0 Å². The highest BCUT2D eigenvalue weighted by Gasteiger charge is 2.24. The Labute approximate surface area is 239 Å². The molecule has 0 saturated heterocycles. The number of nitrogens with one attached hydrogen (secondary N) is 1. The molecule has 0 bridgehead atoms. The maximum atomic E-state index is 13.5. The Bertz CT molecular complexity index is 1420. The number of hydrogen-bond donors (Lipinski definition) is 1. The molecule has 2 heterocycles. The van der Waals surface area contributed by atoms with Crippen LogP contribution in [-0.2, 0) is 33.6 Å². The molecule has 1 aromatic carbocycles. The second-order valence-corrected chi connectivity index (χ2v) is 15.2. The number of imidazole rings is 1. The van der Waals surface area contributed by atoms with Gasteiger partial charge in [0.1, 0.15) is 5.58 Å². The Morgan fingerprint density at radius 2 is 1.70 bits per heavy atom. The van der Waals surface area contributed by atoms with Crippen molar-refractivity contribution in [3.8, 4) is 0 Å². The van der Waals surface area contributed by atoms with Crippen LogP contribution in [0.15, 0.2) is 52.4 Å². The molecule has 1 atom stereocenters. The highest BCUT2D eigenvalue weighted by Crippen LogP contribution is 2.21. The number of nitrogens with zero attached hydrogens (tertiary/aromatic N) is 4. The summed E-state index contributed by atoms with van der Waals surface area (Å²) in [5, 5.41) is 0.731. The number of fused-ring (bicyclic) bond motifs is 1. The maximum Gasteiger partial charge on any atom is 0.240 e. The second kappa shape index (κ2) is 14.1. The summed E-state index contributed by atoms with van der Waals surface area (Å²) in [7, 11) is -5.36. The minimum atomic E-state index is -3.78. The summed E-state index contributed by atoms with van der Waals surface area (Å²) in [5.41, 5.74) is 1.45. The summed E-state index contributed by atoms with van der Waals surface area (Å²) in [4.78, 5) is 6.61. The van der Waals surface area contributed by atoms with E-state index in [4.69, 9.17) is 4.42 Å². The van der Waals surface area contributed by atoms with Gasteiger partial charge in [0.2, 0.25) is 20.0 Å². The SMILES string of the molecule is CC(C)CN(CC(C)C)C[C@H](CCCCN(Cc1cncn1C)S(C)(=O)=O)NS(=O)(=O)c1ccc2occc2c1. The summed E-state index contributed by atoms with van der Waals surface area (Å²) in [6, 6.07) is 6.28. The van der Waals surface area contributed by atoms with Crippen molar-refractivity contribution in [1.29, 1.82) is 0 Å². The van der Waals surface area contributed by atoms with Crippen molar-refractivity contribution in [3.05, 3.63) is 48.7 Å². The molecule has 224 valence electrons. The largest absolute Gasteiger partial charge is 0.464 e. The van der Waals surface area contributed by atoms with E-state index in [9.17, 15) is 16.8 Å². The van der Waals surface area contributed by atoms with Crippen LogP contribution in [0, 0.1) is 11.8 Å². The predicted molar refractivity (Wildman–Crippen MR) is 159 cm³/mol. The van der Waals surface area contributed by atoms with E-state index in [1.807, 2.05) is 11.6 Å². The first-order valence-corrected chi connectivity index (χ1v) is 17.2. The van der Waals surface area contributed by atoms with Crippen LogP contribution in [0.25, 0.3) is 11.0 Å². The van der Waals surface area contributed by atoms with Gasteiger partial charge in [-0.1, -0.05) is 34.1 Å². The van der Waals surface area contributed by atoms with Crippen LogP contribution in [-0.4, -0.2) is 74.1 Å². The number of rotatable bonds is 17. The lowest BCUT2D eigenvalue weighted by Crippen LogP contribution is -2.45. The second-order valence-electron chi connectivity index (χ2n) is 11.5. The molecule has 3 aromatic rings. The highest BCUT2D eigenvalue weighted by molar-refractivity contribution is 7.89. The minimum absolute atomic E-state index is 0.199. The fourth-order valence-electron chi connectivity index (χ4n) is 4.91. The highest BCUT2D eigenvalue weighted by atomic mass is 32.2. The molecule has 2 aromatic heterocycles. The van der Waals surface area contributed by atoms with Gasteiger partial charge >= 0.3 is 0 Å². The monoisotopic (exact) mass is 595 g/mol. The van der Waals surface area contributed by atoms with Gasteiger partial charge in [-0.3, -0.25) is 0 Å². The molecule has 0 spiro atoms. The van der Waals surface area contributed by atoms with E-state index in [1.165, 1.54) is 10.6 Å². The Kier molecular flexibility index (Phi) is 11.4. The molecule has 10 nitrogen and oxygen atoms in total. The van der Waals surface area contributed by atoms with Crippen LogP contribution in [0.1, 0.15) is 52.7 Å². The van der Waals surface area contributed by atoms with Crippen LogP contribution >= 0.6 is 0 Å². The average molecular weight is 596 g/mol. The van der Waals surface area contributed by atoms with Gasteiger partial charge in [-0.05, 0) is 48.9 Å². The number of sulfonamides is 2. The van der Waals surface area contributed by atoms with Crippen molar-refractivity contribution < 1.29 is 21.3 Å². The minimum Gasteiger partial charge on any atom is -0.464 e. The van der Waals surface area contributed by atoms with E-state index < -0.39 is 20.0 Å². The van der Waals surface area contributed by atoms with Gasteiger partial charge in [-0.25, -0.2) is 26.5 Å². The Morgan fingerprint density at radius 1 is 1.00 bits per heavy atom. The molecule has 3 rings (SSSR count). The molecule has 0 fully saturated rings. The Hall–Kier alpha value is -2.25. The number of unbranched alkanes of at least 4 members (excludes halogenated alkanes) is 1. The Morgan fingerprint density at radius 3 is 2.30 bits per heavy atom. The van der Waals surface area contributed by atoms with Crippen molar-refractivity contribution in [3.63, 3.8) is 0 Å². The number of benzene rings is 1. The third-order valence-electron chi connectivity index (χ3n) is 6.72. The summed E-state index contributed by atoms with van der Waals surface area (Å²) in [6.45, 7) is 11.6. The van der Waals surface area contributed by atoms with Crippen molar-refractivity contribution in [2.45, 2.75) is 64.4 Å². The molecule has 40 heavy (non-hydrogen) atoms. The third-order valence-corrected chi connectivity index (χ3v) is 9.48. The van der Waals surface area contributed by atoms with Crippen LogP contribution in [0.3, 0.4) is 0 Å². The van der Waals surface area contributed by atoms with E-state index in [-0.39, 0.29) is 17.5 Å². The fraction of sp³-hybridized carbons (Fsp3) is 0.607. The molecular weight excluding hydrogens is 550 g/mol. The average Bonchev–Trinajstić information content (AvgIpc) is 3.47. The van der Waals surface area contributed by atoms with Gasteiger partial charge in [0.15, 0.2) is 0 Å². The molecule has 0 aliphatic rings. The molecule has 0 aliphatic heterocycles. The van der Waals surface area contributed by atoms with Crippen molar-refractivity contribution in [1.82, 2.24) is 23.5 Å². The van der Waals surface area contributed by atoms with Gasteiger partial charge in [-0.2, -0.15) is 4.31 Å². The molecule has 0 saturated carbocycles. The van der Waals surface area contributed by atoms with Crippen LogP contribution in [0.5, 0.6) is 0 Å². The van der Waals surface area contributed by atoms with Gasteiger partial charge in [0.05, 0.1) is 36.0 Å². The van der Waals surface area contributed by atoms with Crippen LogP contribution < -0.4 is 4.72 Å². The van der Waals surface area contributed by atoms with Gasteiger partial charge in [0.25, 0.3) is 0 Å². The molecule has 0 aliphatic carbocycles. The molecular formula is C28H45N5O5S2. The van der Waals surface area contributed by atoms with Gasteiger partial charge in [-0.15, -0.1) is 0 Å². The van der Waals surface area contributed by atoms with Crippen molar-refractivity contribution >= 4 is 31.0 Å². The maximum absolute atomic E-state index is 13.5. The van der Waals surface area contributed by atoms with Crippen LogP contribution in [0.4, 0.5) is 0 Å². The zero-order valence-electron chi connectivity index (χ0n) is 24.6. The zero-order chi connectivity index (χ0) is 29.5. The lowest BCUT2D eigenvalue weighted by atomic mass is 10.1. The number of furan rings is 1. The number of aryl methyl sites for hydroxylation is 1. The summed E-state index contributed by atoms with van der Waals surface area (Å²) < 4.78 is 63.4. The third kappa shape index (κ3) is 9.69. The van der Waals surface area contributed by atoms with E-state index in [0.29, 0.717) is 49.8 Å². The van der Waals surface area contributed by atoms with Crippen LogP contribution in [0.2, 0.25) is 0 Å².